The van der Waals surface area contributed by atoms with E-state index in [1.165, 1.54) is 4.31 Å². The summed E-state index contributed by atoms with van der Waals surface area (Å²) in [5, 5.41) is 4.95. The van der Waals surface area contributed by atoms with Crippen LogP contribution in [0.2, 0.25) is 0 Å². The molecule has 1 aliphatic rings. The summed E-state index contributed by atoms with van der Waals surface area (Å²) in [7, 11) is -1.84. The lowest BCUT2D eigenvalue weighted by atomic mass is 10.1. The van der Waals surface area contributed by atoms with Gasteiger partial charge in [0.15, 0.2) is 0 Å². The Morgan fingerprint density at radius 1 is 1.42 bits per heavy atom. The van der Waals surface area contributed by atoms with Crippen molar-refractivity contribution in [1.82, 2.24) is 4.31 Å². The number of hydrogen-bond donors (Lipinski definition) is 1. The highest BCUT2D eigenvalue weighted by Crippen LogP contribution is 2.13. The molecule has 0 atom stereocenters. The first kappa shape index (κ1) is 9.91. The van der Waals surface area contributed by atoms with E-state index in [4.69, 9.17) is 9.88 Å². The van der Waals surface area contributed by atoms with Gasteiger partial charge in [-0.05, 0) is 12.8 Å². The zero-order valence-electron chi connectivity index (χ0n) is 7.06. The first-order valence-corrected chi connectivity index (χ1v) is 5.35. The highest BCUT2D eigenvalue weighted by Gasteiger charge is 2.24. The maximum atomic E-state index is 10.8. The molecular formula is C6H14N2O3S. The third kappa shape index (κ3) is 2.41. The molecule has 1 heterocycles. The third-order valence-electron chi connectivity index (χ3n) is 2.09. The highest BCUT2D eigenvalue weighted by molar-refractivity contribution is 7.86. The van der Waals surface area contributed by atoms with E-state index in [1.54, 1.807) is 7.11 Å². The van der Waals surface area contributed by atoms with Crippen molar-refractivity contribution < 1.29 is 13.2 Å². The first-order chi connectivity index (χ1) is 5.54. The molecule has 1 saturated heterocycles. The van der Waals surface area contributed by atoms with Gasteiger partial charge in [-0.1, -0.05) is 0 Å². The van der Waals surface area contributed by atoms with E-state index in [1.807, 2.05) is 0 Å². The maximum Gasteiger partial charge on any atom is 0.276 e. The summed E-state index contributed by atoms with van der Waals surface area (Å²) < 4.78 is 28.1. The largest absolute Gasteiger partial charge is 0.381 e. The molecule has 6 heteroatoms. The zero-order chi connectivity index (χ0) is 9.19. The van der Waals surface area contributed by atoms with Crippen molar-refractivity contribution in [2.75, 3.05) is 20.2 Å². The molecular weight excluding hydrogens is 180 g/mol. The van der Waals surface area contributed by atoms with Crippen LogP contribution in [0.4, 0.5) is 0 Å². The second kappa shape index (κ2) is 3.69. The van der Waals surface area contributed by atoms with Gasteiger partial charge in [-0.15, -0.1) is 0 Å². The Balaban J connectivity index is 2.47. The number of rotatable bonds is 2. The molecule has 0 aliphatic carbocycles. The van der Waals surface area contributed by atoms with Crippen molar-refractivity contribution in [3.05, 3.63) is 0 Å². The lowest BCUT2D eigenvalue weighted by Gasteiger charge is -2.28. The second-order valence-electron chi connectivity index (χ2n) is 2.88. The second-order valence-corrected chi connectivity index (χ2v) is 4.43. The van der Waals surface area contributed by atoms with Gasteiger partial charge in [0, 0.05) is 20.2 Å². The Hall–Kier alpha value is -0.170. The number of ether oxygens (including phenoxy) is 1. The molecule has 0 bridgehead atoms. The van der Waals surface area contributed by atoms with Crippen LogP contribution in [0.15, 0.2) is 0 Å². The Morgan fingerprint density at radius 2 is 1.92 bits per heavy atom. The number of nitrogens with two attached hydrogens (primary N) is 1. The van der Waals surface area contributed by atoms with E-state index in [0.29, 0.717) is 13.1 Å². The lowest BCUT2D eigenvalue weighted by molar-refractivity contribution is 0.0604. The van der Waals surface area contributed by atoms with Gasteiger partial charge in [-0.25, -0.2) is 5.14 Å². The fourth-order valence-electron chi connectivity index (χ4n) is 1.32. The molecule has 0 unspecified atom stereocenters. The Kier molecular flexibility index (Phi) is 3.05. The van der Waals surface area contributed by atoms with Gasteiger partial charge in [0.25, 0.3) is 10.2 Å². The van der Waals surface area contributed by atoms with E-state index < -0.39 is 10.2 Å². The molecule has 0 radical (unpaired) electrons. The molecule has 2 N–H and O–H groups in total. The van der Waals surface area contributed by atoms with Crippen molar-refractivity contribution >= 4 is 10.2 Å². The van der Waals surface area contributed by atoms with Crippen LogP contribution in [0.25, 0.3) is 0 Å². The fraction of sp³-hybridized carbons (Fsp3) is 1.00. The Bertz CT molecular complexity index is 231. The lowest BCUT2D eigenvalue weighted by Crippen LogP contribution is -2.43. The van der Waals surface area contributed by atoms with E-state index in [0.717, 1.165) is 12.8 Å². The summed E-state index contributed by atoms with van der Waals surface area (Å²) in [6.45, 7) is 0.939. The number of nitrogens with zero attached hydrogens (tertiary/aromatic N) is 1. The van der Waals surface area contributed by atoms with Crippen molar-refractivity contribution in [3.63, 3.8) is 0 Å². The summed E-state index contributed by atoms with van der Waals surface area (Å²) in [5.41, 5.74) is 0. The molecule has 0 spiro atoms. The molecule has 1 rings (SSSR count). The molecule has 1 fully saturated rings. The molecule has 1 aliphatic heterocycles. The van der Waals surface area contributed by atoms with Crippen molar-refractivity contribution in [2.24, 2.45) is 5.14 Å². The van der Waals surface area contributed by atoms with Crippen LogP contribution < -0.4 is 5.14 Å². The van der Waals surface area contributed by atoms with Gasteiger partial charge in [0.2, 0.25) is 0 Å². The number of methoxy groups -OCH3 is 1. The van der Waals surface area contributed by atoms with Crippen LogP contribution in [0.5, 0.6) is 0 Å². The van der Waals surface area contributed by atoms with Gasteiger partial charge in [0.05, 0.1) is 6.10 Å². The average molecular weight is 194 g/mol. The molecule has 0 aromatic carbocycles. The number of piperidine rings is 1. The SMILES string of the molecule is COC1CCN(S(N)(=O)=O)CC1. The van der Waals surface area contributed by atoms with Crippen LogP contribution in [-0.4, -0.2) is 39.0 Å². The van der Waals surface area contributed by atoms with Gasteiger partial charge >= 0.3 is 0 Å². The van der Waals surface area contributed by atoms with Crippen molar-refractivity contribution in [3.8, 4) is 0 Å². The Labute approximate surface area is 72.7 Å². The van der Waals surface area contributed by atoms with Gasteiger partial charge in [-0.2, -0.15) is 12.7 Å². The minimum atomic E-state index is -3.48. The van der Waals surface area contributed by atoms with Gasteiger partial charge in [0.1, 0.15) is 0 Å². The predicted octanol–water partition coefficient (Wildman–Crippen LogP) is -0.699. The van der Waals surface area contributed by atoms with Crippen LogP contribution >= 0.6 is 0 Å². The monoisotopic (exact) mass is 194 g/mol. The molecule has 0 aromatic heterocycles. The molecule has 0 amide bonds. The number of hydrogen-bond acceptors (Lipinski definition) is 3. The van der Waals surface area contributed by atoms with Crippen molar-refractivity contribution in [1.29, 1.82) is 0 Å². The van der Waals surface area contributed by atoms with Crippen LogP contribution in [-0.2, 0) is 14.9 Å². The molecule has 12 heavy (non-hydrogen) atoms. The van der Waals surface area contributed by atoms with E-state index in [-0.39, 0.29) is 6.10 Å². The van der Waals surface area contributed by atoms with Crippen LogP contribution in [0.3, 0.4) is 0 Å². The quantitative estimate of drug-likeness (QED) is 0.632. The topological polar surface area (TPSA) is 72.6 Å². The summed E-state index contributed by atoms with van der Waals surface area (Å²) in [4.78, 5) is 0. The fourth-order valence-corrected chi connectivity index (χ4v) is 2.04. The summed E-state index contributed by atoms with van der Waals surface area (Å²) in [5.74, 6) is 0. The van der Waals surface area contributed by atoms with Crippen LogP contribution in [0.1, 0.15) is 12.8 Å². The normalized spacial score (nSPS) is 22.8. The maximum absolute atomic E-state index is 10.8. The Morgan fingerprint density at radius 3 is 2.25 bits per heavy atom. The van der Waals surface area contributed by atoms with E-state index in [9.17, 15) is 8.42 Å². The van der Waals surface area contributed by atoms with Gasteiger partial charge in [-0.3, -0.25) is 0 Å². The molecule has 72 valence electrons. The average Bonchev–Trinajstić information content (AvgIpc) is 2.03. The molecule has 0 aromatic rings. The minimum Gasteiger partial charge on any atom is -0.381 e. The summed E-state index contributed by atoms with van der Waals surface area (Å²) in [6, 6.07) is 0. The van der Waals surface area contributed by atoms with Crippen LogP contribution in [0, 0.1) is 0 Å². The highest BCUT2D eigenvalue weighted by atomic mass is 32.2. The third-order valence-corrected chi connectivity index (χ3v) is 3.18. The smallest absolute Gasteiger partial charge is 0.276 e. The summed E-state index contributed by atoms with van der Waals surface area (Å²) in [6.07, 6.45) is 1.64. The molecule has 5 nitrogen and oxygen atoms in total. The predicted molar refractivity (Wildman–Crippen MR) is 44.7 cm³/mol. The molecule has 0 saturated carbocycles. The van der Waals surface area contributed by atoms with Gasteiger partial charge < -0.3 is 4.74 Å². The van der Waals surface area contributed by atoms with E-state index in [2.05, 4.69) is 0 Å². The van der Waals surface area contributed by atoms with E-state index >= 15 is 0 Å². The standard InChI is InChI=1S/C6H14N2O3S/c1-11-6-2-4-8(5-3-6)12(7,9)10/h6H,2-5H2,1H3,(H2,7,9,10). The van der Waals surface area contributed by atoms with Crippen molar-refractivity contribution in [2.45, 2.75) is 18.9 Å². The first-order valence-electron chi connectivity index (χ1n) is 3.84. The zero-order valence-corrected chi connectivity index (χ0v) is 7.88. The summed E-state index contributed by atoms with van der Waals surface area (Å²) >= 11 is 0. The minimum absolute atomic E-state index is 0.183.